The van der Waals surface area contributed by atoms with Crippen LogP contribution in [-0.2, 0) is 6.54 Å². The summed E-state index contributed by atoms with van der Waals surface area (Å²) in [7, 11) is 0. The highest BCUT2D eigenvalue weighted by Gasteiger charge is 2.11. The Morgan fingerprint density at radius 1 is 1.33 bits per heavy atom. The van der Waals surface area contributed by atoms with E-state index in [0.717, 1.165) is 44.2 Å². The fourth-order valence-electron chi connectivity index (χ4n) is 2.21. The molecule has 1 atom stereocenters. The maximum atomic E-state index is 4.56. The van der Waals surface area contributed by atoms with Crippen molar-refractivity contribution >= 4 is 5.95 Å². The van der Waals surface area contributed by atoms with E-state index in [1.807, 2.05) is 6.92 Å². The van der Waals surface area contributed by atoms with E-state index in [1.54, 1.807) is 0 Å². The van der Waals surface area contributed by atoms with Gasteiger partial charge in [0.05, 0.1) is 5.69 Å². The predicted molar refractivity (Wildman–Crippen MR) is 78.1 cm³/mol. The predicted octanol–water partition coefficient (Wildman–Crippen LogP) is 2.74. The SMILES string of the molecule is CCCn1cc(C)nc1NC(C)CN(CC)CC. The maximum Gasteiger partial charge on any atom is 0.203 e. The van der Waals surface area contributed by atoms with Gasteiger partial charge in [-0.1, -0.05) is 20.8 Å². The number of rotatable bonds is 8. The van der Waals surface area contributed by atoms with E-state index in [9.17, 15) is 0 Å². The second-order valence-electron chi connectivity index (χ2n) is 4.93. The molecule has 0 aromatic carbocycles. The molecular weight excluding hydrogens is 224 g/mol. The summed E-state index contributed by atoms with van der Waals surface area (Å²) in [5.74, 6) is 1.01. The van der Waals surface area contributed by atoms with Crippen molar-refractivity contribution in [2.24, 2.45) is 0 Å². The lowest BCUT2D eigenvalue weighted by Crippen LogP contribution is -2.35. The molecule has 0 aliphatic carbocycles. The number of imidazole rings is 1. The third kappa shape index (κ3) is 4.33. The Kier molecular flexibility index (Phi) is 6.19. The van der Waals surface area contributed by atoms with Crippen molar-refractivity contribution in [2.45, 2.75) is 53.6 Å². The zero-order valence-electron chi connectivity index (χ0n) is 12.5. The van der Waals surface area contributed by atoms with Crippen molar-refractivity contribution < 1.29 is 0 Å². The molecule has 0 radical (unpaired) electrons. The molecule has 0 fully saturated rings. The molecule has 4 nitrogen and oxygen atoms in total. The highest BCUT2D eigenvalue weighted by atomic mass is 15.2. The van der Waals surface area contributed by atoms with E-state index >= 15 is 0 Å². The Hall–Kier alpha value is -1.03. The van der Waals surface area contributed by atoms with E-state index in [1.165, 1.54) is 0 Å². The van der Waals surface area contributed by atoms with Gasteiger partial charge in [-0.15, -0.1) is 0 Å². The lowest BCUT2D eigenvalue weighted by Gasteiger charge is -2.24. The van der Waals surface area contributed by atoms with E-state index in [-0.39, 0.29) is 0 Å². The molecule has 1 N–H and O–H groups in total. The maximum absolute atomic E-state index is 4.56. The first-order valence-electron chi connectivity index (χ1n) is 7.13. The van der Waals surface area contributed by atoms with Crippen molar-refractivity contribution in [3.05, 3.63) is 11.9 Å². The monoisotopic (exact) mass is 252 g/mol. The molecule has 0 spiro atoms. The molecule has 0 saturated carbocycles. The summed E-state index contributed by atoms with van der Waals surface area (Å²) in [5, 5.41) is 3.53. The van der Waals surface area contributed by atoms with Crippen LogP contribution in [0.1, 0.15) is 39.8 Å². The van der Waals surface area contributed by atoms with E-state index in [4.69, 9.17) is 0 Å². The highest BCUT2D eigenvalue weighted by molar-refractivity contribution is 5.30. The number of aryl methyl sites for hydroxylation is 2. The van der Waals surface area contributed by atoms with Gasteiger partial charge in [-0.05, 0) is 33.4 Å². The van der Waals surface area contributed by atoms with E-state index in [0.29, 0.717) is 6.04 Å². The number of aromatic nitrogens is 2. The van der Waals surface area contributed by atoms with Crippen LogP contribution in [0.4, 0.5) is 5.95 Å². The molecule has 1 aromatic heterocycles. The molecule has 1 heterocycles. The standard InChI is InChI=1S/C14H28N4/c1-6-9-18-11-13(5)16-14(18)15-12(4)10-17(7-2)8-3/h11-12H,6-10H2,1-5H3,(H,15,16). The van der Waals surface area contributed by atoms with Crippen molar-refractivity contribution in [3.8, 4) is 0 Å². The minimum Gasteiger partial charge on any atom is -0.352 e. The van der Waals surface area contributed by atoms with Crippen LogP contribution in [0.15, 0.2) is 6.20 Å². The Balaban J connectivity index is 2.60. The van der Waals surface area contributed by atoms with Crippen LogP contribution >= 0.6 is 0 Å². The molecule has 0 aliphatic heterocycles. The molecule has 0 aliphatic rings. The first-order chi connectivity index (χ1) is 8.60. The quantitative estimate of drug-likeness (QED) is 0.772. The first kappa shape index (κ1) is 15.0. The fraction of sp³-hybridized carbons (Fsp3) is 0.786. The van der Waals surface area contributed by atoms with Crippen LogP contribution in [-0.4, -0.2) is 40.1 Å². The molecule has 1 unspecified atom stereocenters. The van der Waals surface area contributed by atoms with E-state index in [2.05, 4.69) is 53.7 Å². The minimum atomic E-state index is 0.419. The molecule has 1 aromatic rings. The van der Waals surface area contributed by atoms with Gasteiger partial charge in [0.1, 0.15) is 0 Å². The van der Waals surface area contributed by atoms with Gasteiger partial charge in [0, 0.05) is 25.3 Å². The molecule has 4 heteroatoms. The molecule has 1 rings (SSSR count). The van der Waals surface area contributed by atoms with Crippen LogP contribution < -0.4 is 5.32 Å². The third-order valence-corrected chi connectivity index (χ3v) is 3.16. The van der Waals surface area contributed by atoms with Gasteiger partial charge in [0.25, 0.3) is 0 Å². The number of anilines is 1. The molecular formula is C14H28N4. The number of nitrogens with one attached hydrogen (secondary N) is 1. The van der Waals surface area contributed by atoms with Crippen molar-refractivity contribution in [1.82, 2.24) is 14.5 Å². The molecule has 104 valence electrons. The van der Waals surface area contributed by atoms with Crippen molar-refractivity contribution in [1.29, 1.82) is 0 Å². The Morgan fingerprint density at radius 3 is 2.56 bits per heavy atom. The molecule has 0 saturated heterocycles. The van der Waals surface area contributed by atoms with Gasteiger partial charge in [0.2, 0.25) is 5.95 Å². The smallest absolute Gasteiger partial charge is 0.203 e. The van der Waals surface area contributed by atoms with Crippen LogP contribution in [0.2, 0.25) is 0 Å². The zero-order valence-corrected chi connectivity index (χ0v) is 12.5. The lowest BCUT2D eigenvalue weighted by atomic mass is 10.3. The highest BCUT2D eigenvalue weighted by Crippen LogP contribution is 2.11. The van der Waals surface area contributed by atoms with Crippen LogP contribution in [0.25, 0.3) is 0 Å². The van der Waals surface area contributed by atoms with Gasteiger partial charge in [-0.3, -0.25) is 0 Å². The fourth-order valence-corrected chi connectivity index (χ4v) is 2.21. The van der Waals surface area contributed by atoms with Gasteiger partial charge >= 0.3 is 0 Å². The summed E-state index contributed by atoms with van der Waals surface area (Å²) in [6.45, 7) is 15.2. The zero-order chi connectivity index (χ0) is 13.5. The van der Waals surface area contributed by atoms with E-state index < -0.39 is 0 Å². The van der Waals surface area contributed by atoms with Crippen molar-refractivity contribution in [3.63, 3.8) is 0 Å². The Morgan fingerprint density at radius 2 is 2.00 bits per heavy atom. The van der Waals surface area contributed by atoms with Crippen molar-refractivity contribution in [2.75, 3.05) is 25.0 Å². The second-order valence-corrected chi connectivity index (χ2v) is 4.93. The van der Waals surface area contributed by atoms with Gasteiger partial charge in [-0.25, -0.2) is 4.98 Å². The van der Waals surface area contributed by atoms with Crippen LogP contribution in [0.3, 0.4) is 0 Å². The second kappa shape index (κ2) is 7.41. The van der Waals surface area contributed by atoms with Gasteiger partial charge in [-0.2, -0.15) is 0 Å². The number of hydrogen-bond acceptors (Lipinski definition) is 3. The van der Waals surface area contributed by atoms with Crippen LogP contribution in [0.5, 0.6) is 0 Å². The Bertz CT molecular complexity index is 342. The Labute approximate surface area is 111 Å². The average Bonchev–Trinajstić information content (AvgIpc) is 2.67. The van der Waals surface area contributed by atoms with Crippen LogP contribution in [0, 0.1) is 6.92 Å². The van der Waals surface area contributed by atoms with Gasteiger partial charge in [0.15, 0.2) is 0 Å². The summed E-state index contributed by atoms with van der Waals surface area (Å²) in [5.41, 5.74) is 1.08. The first-order valence-corrected chi connectivity index (χ1v) is 7.13. The largest absolute Gasteiger partial charge is 0.352 e. The summed E-state index contributed by atoms with van der Waals surface area (Å²) < 4.78 is 2.22. The molecule has 0 amide bonds. The molecule has 18 heavy (non-hydrogen) atoms. The minimum absolute atomic E-state index is 0.419. The average molecular weight is 252 g/mol. The lowest BCUT2D eigenvalue weighted by molar-refractivity contribution is 0.294. The molecule has 0 bridgehead atoms. The van der Waals surface area contributed by atoms with Gasteiger partial charge < -0.3 is 14.8 Å². The number of nitrogens with zero attached hydrogens (tertiary/aromatic N) is 3. The summed E-state index contributed by atoms with van der Waals surface area (Å²) in [6, 6.07) is 0.419. The third-order valence-electron chi connectivity index (χ3n) is 3.16. The normalized spacial score (nSPS) is 13.0. The summed E-state index contributed by atoms with van der Waals surface area (Å²) >= 11 is 0. The summed E-state index contributed by atoms with van der Waals surface area (Å²) in [6.07, 6.45) is 3.25. The number of likely N-dealkylation sites (N-methyl/N-ethyl adjacent to an activating group) is 1. The number of hydrogen-bond donors (Lipinski definition) is 1. The summed E-state index contributed by atoms with van der Waals surface area (Å²) in [4.78, 5) is 6.99. The topological polar surface area (TPSA) is 33.1 Å².